The molecule has 4 heteroatoms. The molecule has 2 rings (SSSR count). The third kappa shape index (κ3) is 5.73. The van der Waals surface area contributed by atoms with Crippen LogP contribution in [0.25, 0.3) is 0 Å². The molecule has 0 saturated carbocycles. The maximum atomic E-state index is 10.5. The Balaban J connectivity index is 0.000000160. The van der Waals surface area contributed by atoms with Gasteiger partial charge in [0.05, 0.1) is 12.7 Å². The molecule has 0 amide bonds. The molecule has 0 aromatic heterocycles. The fourth-order valence-corrected chi connectivity index (χ4v) is 1.68. The average molecular weight is 228 g/mol. The van der Waals surface area contributed by atoms with E-state index in [2.05, 4.69) is 0 Å². The molecule has 0 spiro atoms. The van der Waals surface area contributed by atoms with Crippen LogP contribution in [0.2, 0.25) is 0 Å². The molecule has 0 radical (unpaired) electrons. The van der Waals surface area contributed by atoms with Crippen LogP contribution in [0.1, 0.15) is 51.9 Å². The molecule has 1 atom stereocenters. The van der Waals surface area contributed by atoms with E-state index in [-0.39, 0.29) is 18.0 Å². The van der Waals surface area contributed by atoms with Crippen molar-refractivity contribution >= 4 is 11.9 Å². The van der Waals surface area contributed by atoms with Gasteiger partial charge >= 0.3 is 11.9 Å². The van der Waals surface area contributed by atoms with Crippen molar-refractivity contribution in [1.29, 1.82) is 0 Å². The summed E-state index contributed by atoms with van der Waals surface area (Å²) in [6.45, 7) is 2.57. The summed E-state index contributed by atoms with van der Waals surface area (Å²) in [5.41, 5.74) is 0. The molecule has 1 unspecified atom stereocenters. The number of hydrogen-bond donors (Lipinski definition) is 0. The second-order valence-corrected chi connectivity index (χ2v) is 4.22. The molecule has 0 aliphatic carbocycles. The molecule has 0 aromatic carbocycles. The minimum Gasteiger partial charge on any atom is -0.466 e. The van der Waals surface area contributed by atoms with Gasteiger partial charge in [0.2, 0.25) is 0 Å². The largest absolute Gasteiger partial charge is 0.466 e. The van der Waals surface area contributed by atoms with Crippen LogP contribution >= 0.6 is 0 Å². The Hall–Kier alpha value is -1.06. The van der Waals surface area contributed by atoms with Crippen LogP contribution in [0, 0.1) is 0 Å². The summed E-state index contributed by atoms with van der Waals surface area (Å²) in [6, 6.07) is 0. The predicted octanol–water partition coefficient (Wildman–Crippen LogP) is 2.21. The first-order chi connectivity index (χ1) is 7.68. The van der Waals surface area contributed by atoms with Gasteiger partial charge in [0.1, 0.15) is 0 Å². The normalized spacial score (nSPS) is 25.7. The van der Waals surface area contributed by atoms with E-state index in [1.54, 1.807) is 0 Å². The van der Waals surface area contributed by atoms with Gasteiger partial charge in [0.25, 0.3) is 0 Å². The van der Waals surface area contributed by atoms with Gasteiger partial charge in [-0.2, -0.15) is 0 Å². The summed E-state index contributed by atoms with van der Waals surface area (Å²) in [5, 5.41) is 0. The van der Waals surface area contributed by atoms with E-state index in [4.69, 9.17) is 9.47 Å². The predicted molar refractivity (Wildman–Crippen MR) is 58.8 cm³/mol. The fraction of sp³-hybridized carbons (Fsp3) is 0.833. The molecule has 2 heterocycles. The number of ether oxygens (including phenoxy) is 2. The van der Waals surface area contributed by atoms with Crippen molar-refractivity contribution in [1.82, 2.24) is 0 Å². The molecule has 92 valence electrons. The summed E-state index contributed by atoms with van der Waals surface area (Å²) in [4.78, 5) is 20.9. The second kappa shape index (κ2) is 7.25. The number of carbonyl (C=O) groups is 2. The molecule has 0 aromatic rings. The zero-order valence-corrected chi connectivity index (χ0v) is 9.87. The standard InChI is InChI=1S/2C6H10O2/c1-5-3-2-4-6(7)8-5;7-6-4-2-1-3-5-8-6/h5H,2-4H2,1H3;1-5H2. The van der Waals surface area contributed by atoms with E-state index in [1.807, 2.05) is 6.92 Å². The first kappa shape index (κ1) is 13.0. The van der Waals surface area contributed by atoms with Crippen molar-refractivity contribution in [2.45, 2.75) is 58.0 Å². The molecule has 2 saturated heterocycles. The van der Waals surface area contributed by atoms with Crippen LogP contribution in [0.3, 0.4) is 0 Å². The smallest absolute Gasteiger partial charge is 0.306 e. The van der Waals surface area contributed by atoms with Gasteiger partial charge in [-0.1, -0.05) is 0 Å². The van der Waals surface area contributed by atoms with E-state index < -0.39 is 0 Å². The van der Waals surface area contributed by atoms with E-state index in [1.165, 1.54) is 0 Å². The maximum Gasteiger partial charge on any atom is 0.306 e. The number of carbonyl (C=O) groups excluding carboxylic acids is 2. The van der Waals surface area contributed by atoms with Crippen LogP contribution in [-0.2, 0) is 19.1 Å². The van der Waals surface area contributed by atoms with Gasteiger partial charge in [0.15, 0.2) is 0 Å². The highest BCUT2D eigenvalue weighted by Crippen LogP contribution is 2.12. The van der Waals surface area contributed by atoms with E-state index >= 15 is 0 Å². The Morgan fingerprint density at radius 1 is 1.00 bits per heavy atom. The molecule has 0 bridgehead atoms. The Kier molecular flexibility index (Phi) is 5.90. The van der Waals surface area contributed by atoms with Crippen molar-refractivity contribution in [3.05, 3.63) is 0 Å². The summed E-state index contributed by atoms with van der Waals surface area (Å²) in [5.74, 6) is -0.0637. The van der Waals surface area contributed by atoms with E-state index in [0.717, 1.165) is 32.1 Å². The van der Waals surface area contributed by atoms with Gasteiger partial charge in [-0.05, 0) is 39.0 Å². The molecule has 4 nitrogen and oxygen atoms in total. The van der Waals surface area contributed by atoms with Crippen molar-refractivity contribution < 1.29 is 19.1 Å². The van der Waals surface area contributed by atoms with Crippen LogP contribution in [0.4, 0.5) is 0 Å². The number of rotatable bonds is 0. The van der Waals surface area contributed by atoms with Gasteiger partial charge in [-0.15, -0.1) is 0 Å². The zero-order chi connectivity index (χ0) is 11.8. The first-order valence-corrected chi connectivity index (χ1v) is 6.03. The lowest BCUT2D eigenvalue weighted by molar-refractivity contribution is -0.152. The van der Waals surface area contributed by atoms with Gasteiger partial charge in [0, 0.05) is 12.8 Å². The van der Waals surface area contributed by atoms with E-state index in [9.17, 15) is 9.59 Å². The Labute approximate surface area is 96.3 Å². The number of cyclic esters (lactones) is 2. The lowest BCUT2D eigenvalue weighted by Crippen LogP contribution is -2.19. The Morgan fingerprint density at radius 2 is 1.75 bits per heavy atom. The van der Waals surface area contributed by atoms with Crippen molar-refractivity contribution in [3.63, 3.8) is 0 Å². The molecule has 2 aliphatic heterocycles. The lowest BCUT2D eigenvalue weighted by atomic mass is 10.1. The van der Waals surface area contributed by atoms with Crippen molar-refractivity contribution in [3.8, 4) is 0 Å². The molecule has 16 heavy (non-hydrogen) atoms. The topological polar surface area (TPSA) is 52.6 Å². The Morgan fingerprint density at radius 3 is 2.38 bits per heavy atom. The molecular formula is C12H20O4. The van der Waals surface area contributed by atoms with Crippen LogP contribution in [-0.4, -0.2) is 24.6 Å². The zero-order valence-electron chi connectivity index (χ0n) is 9.87. The van der Waals surface area contributed by atoms with Gasteiger partial charge < -0.3 is 9.47 Å². The summed E-state index contributed by atoms with van der Waals surface area (Å²) < 4.78 is 9.61. The fourth-order valence-electron chi connectivity index (χ4n) is 1.68. The molecular weight excluding hydrogens is 208 g/mol. The third-order valence-corrected chi connectivity index (χ3v) is 2.61. The summed E-state index contributed by atoms with van der Waals surface area (Å²) in [6.07, 6.45) is 6.64. The quantitative estimate of drug-likeness (QED) is 0.596. The van der Waals surface area contributed by atoms with Crippen molar-refractivity contribution in [2.24, 2.45) is 0 Å². The third-order valence-electron chi connectivity index (χ3n) is 2.61. The van der Waals surface area contributed by atoms with E-state index in [0.29, 0.717) is 19.4 Å². The van der Waals surface area contributed by atoms with Crippen LogP contribution in [0.5, 0.6) is 0 Å². The lowest BCUT2D eigenvalue weighted by Gasteiger charge is -2.17. The monoisotopic (exact) mass is 228 g/mol. The minimum atomic E-state index is -0.0382. The maximum absolute atomic E-state index is 10.5. The Bertz CT molecular complexity index is 225. The summed E-state index contributed by atoms with van der Waals surface area (Å²) in [7, 11) is 0. The SMILES string of the molecule is CC1CCCC(=O)O1.O=C1CCCCCO1. The minimum absolute atomic E-state index is 0.0255. The highest BCUT2D eigenvalue weighted by Gasteiger charge is 2.14. The molecule has 2 fully saturated rings. The van der Waals surface area contributed by atoms with Gasteiger partial charge in [-0.3, -0.25) is 9.59 Å². The van der Waals surface area contributed by atoms with Gasteiger partial charge in [-0.25, -0.2) is 0 Å². The molecule has 0 N–H and O–H groups in total. The van der Waals surface area contributed by atoms with Crippen LogP contribution < -0.4 is 0 Å². The average Bonchev–Trinajstić information content (AvgIpc) is 2.46. The highest BCUT2D eigenvalue weighted by molar-refractivity contribution is 5.70. The number of hydrogen-bond acceptors (Lipinski definition) is 4. The summed E-state index contributed by atoms with van der Waals surface area (Å²) >= 11 is 0. The molecule has 2 aliphatic rings. The second-order valence-electron chi connectivity index (χ2n) is 4.22. The van der Waals surface area contributed by atoms with Crippen LogP contribution in [0.15, 0.2) is 0 Å². The first-order valence-electron chi connectivity index (χ1n) is 6.03. The van der Waals surface area contributed by atoms with Crippen molar-refractivity contribution in [2.75, 3.05) is 6.61 Å². The highest BCUT2D eigenvalue weighted by atomic mass is 16.5. The number of esters is 2.